The third kappa shape index (κ3) is 5.24. The van der Waals surface area contributed by atoms with Crippen molar-refractivity contribution in [2.24, 2.45) is 0 Å². The van der Waals surface area contributed by atoms with Crippen molar-refractivity contribution >= 4 is 21.6 Å². The van der Waals surface area contributed by atoms with Crippen molar-refractivity contribution in [3.63, 3.8) is 0 Å². The van der Waals surface area contributed by atoms with E-state index in [1.165, 1.54) is 9.87 Å². The van der Waals surface area contributed by atoms with Crippen LogP contribution in [0.15, 0.2) is 48.5 Å². The summed E-state index contributed by atoms with van der Waals surface area (Å²) in [6.07, 6.45) is 1.21. The predicted molar refractivity (Wildman–Crippen MR) is 117 cm³/mol. The van der Waals surface area contributed by atoms with Gasteiger partial charge >= 0.3 is 0 Å². The minimum absolute atomic E-state index is 0.0550. The van der Waals surface area contributed by atoms with Gasteiger partial charge in [-0.2, -0.15) is 0 Å². The van der Waals surface area contributed by atoms with Gasteiger partial charge in [0.15, 0.2) is 6.10 Å². The number of nitrogens with one attached hydrogen (secondary N) is 1. The standard InChI is InChI=1S/C22H28N2O5S/c1-3-7-17-10-12-18(13-11-17)28-15-14-23-22(25)21-16-24(30(26,27)4-2)19-8-5-6-9-20(19)29-21/h5-6,8-13,21H,3-4,7,14-16H2,1-2H3,(H,23,25). The van der Waals surface area contributed by atoms with Crippen molar-refractivity contribution in [3.05, 3.63) is 54.1 Å². The van der Waals surface area contributed by atoms with E-state index in [9.17, 15) is 13.2 Å². The summed E-state index contributed by atoms with van der Waals surface area (Å²) in [5.74, 6) is 0.694. The van der Waals surface area contributed by atoms with Crippen molar-refractivity contribution in [3.8, 4) is 11.5 Å². The van der Waals surface area contributed by atoms with E-state index in [0.717, 1.165) is 18.6 Å². The van der Waals surface area contributed by atoms with Crippen LogP contribution >= 0.6 is 0 Å². The SMILES string of the molecule is CCCc1ccc(OCCNC(=O)C2CN(S(=O)(=O)CC)c3ccccc3O2)cc1. The maximum absolute atomic E-state index is 12.6. The highest BCUT2D eigenvalue weighted by atomic mass is 32.2. The van der Waals surface area contributed by atoms with E-state index in [0.29, 0.717) is 18.0 Å². The first-order chi connectivity index (χ1) is 14.4. The van der Waals surface area contributed by atoms with Crippen LogP contribution in [0.3, 0.4) is 0 Å². The lowest BCUT2D eigenvalue weighted by atomic mass is 10.1. The molecule has 8 heteroatoms. The summed E-state index contributed by atoms with van der Waals surface area (Å²) in [5.41, 5.74) is 1.72. The van der Waals surface area contributed by atoms with Crippen LogP contribution in [0.5, 0.6) is 11.5 Å². The number of hydrogen-bond donors (Lipinski definition) is 1. The monoisotopic (exact) mass is 432 g/mol. The molecule has 0 saturated carbocycles. The van der Waals surface area contributed by atoms with Gasteiger partial charge in [0, 0.05) is 0 Å². The molecule has 1 aliphatic rings. The molecule has 1 heterocycles. The molecule has 30 heavy (non-hydrogen) atoms. The van der Waals surface area contributed by atoms with Crippen molar-refractivity contribution < 1.29 is 22.7 Å². The summed E-state index contributed by atoms with van der Waals surface area (Å²) >= 11 is 0. The third-order valence-electron chi connectivity index (χ3n) is 4.86. The van der Waals surface area contributed by atoms with Crippen LogP contribution in [0.1, 0.15) is 25.8 Å². The molecule has 0 saturated heterocycles. The van der Waals surface area contributed by atoms with Gasteiger partial charge in [-0.1, -0.05) is 37.6 Å². The molecule has 0 bridgehead atoms. The van der Waals surface area contributed by atoms with Crippen molar-refractivity contribution in [2.45, 2.75) is 32.8 Å². The molecule has 7 nitrogen and oxygen atoms in total. The number of ether oxygens (including phenoxy) is 2. The van der Waals surface area contributed by atoms with E-state index < -0.39 is 16.1 Å². The van der Waals surface area contributed by atoms with Crippen LogP contribution in [0, 0.1) is 0 Å². The van der Waals surface area contributed by atoms with Crippen molar-refractivity contribution in [2.75, 3.05) is 29.8 Å². The van der Waals surface area contributed by atoms with Gasteiger partial charge < -0.3 is 14.8 Å². The average Bonchev–Trinajstić information content (AvgIpc) is 2.77. The highest BCUT2D eigenvalue weighted by Gasteiger charge is 2.35. The van der Waals surface area contributed by atoms with Crippen molar-refractivity contribution in [1.29, 1.82) is 0 Å². The molecule has 0 aromatic heterocycles. The molecular formula is C22H28N2O5S. The maximum atomic E-state index is 12.6. The Morgan fingerprint density at radius 3 is 2.60 bits per heavy atom. The summed E-state index contributed by atoms with van der Waals surface area (Å²) < 4.78 is 37.6. The molecule has 1 atom stereocenters. The third-order valence-corrected chi connectivity index (χ3v) is 6.61. The Bertz CT molecular complexity index is 960. The Balaban J connectivity index is 1.55. The number of sulfonamides is 1. The van der Waals surface area contributed by atoms with E-state index in [-0.39, 0.29) is 24.7 Å². The molecule has 3 rings (SSSR count). The fourth-order valence-corrected chi connectivity index (χ4v) is 4.38. The minimum Gasteiger partial charge on any atom is -0.492 e. The second-order valence-electron chi connectivity index (χ2n) is 7.04. The normalized spacial score (nSPS) is 15.8. The topological polar surface area (TPSA) is 84.9 Å². The maximum Gasteiger partial charge on any atom is 0.263 e. The summed E-state index contributed by atoms with van der Waals surface area (Å²) in [5, 5.41) is 2.76. The van der Waals surface area contributed by atoms with Crippen LogP contribution in [-0.2, 0) is 21.2 Å². The van der Waals surface area contributed by atoms with Crippen LogP contribution in [0.2, 0.25) is 0 Å². The van der Waals surface area contributed by atoms with Gasteiger partial charge in [-0.3, -0.25) is 9.10 Å². The smallest absolute Gasteiger partial charge is 0.263 e. The van der Waals surface area contributed by atoms with Crippen LogP contribution in [-0.4, -0.2) is 45.9 Å². The number of nitrogens with zero attached hydrogens (tertiary/aromatic N) is 1. The molecule has 1 N–H and O–H groups in total. The summed E-state index contributed by atoms with van der Waals surface area (Å²) in [4.78, 5) is 12.6. The second kappa shape index (κ2) is 9.84. The van der Waals surface area contributed by atoms with Gasteiger partial charge in [-0.05, 0) is 43.2 Å². The molecule has 0 spiro atoms. The highest BCUT2D eigenvalue weighted by molar-refractivity contribution is 7.92. The summed E-state index contributed by atoms with van der Waals surface area (Å²) in [6, 6.07) is 14.7. The van der Waals surface area contributed by atoms with E-state index in [2.05, 4.69) is 12.2 Å². The molecule has 162 valence electrons. The Morgan fingerprint density at radius 1 is 1.17 bits per heavy atom. The summed E-state index contributed by atoms with van der Waals surface area (Å²) in [6.45, 7) is 4.25. The molecular weight excluding hydrogens is 404 g/mol. The molecule has 2 aromatic carbocycles. The Labute approximate surface area is 178 Å². The largest absolute Gasteiger partial charge is 0.492 e. The second-order valence-corrected chi connectivity index (χ2v) is 9.22. The number of fused-ring (bicyclic) bond motifs is 1. The molecule has 0 radical (unpaired) electrons. The number of aryl methyl sites for hydroxylation is 1. The fraction of sp³-hybridized carbons (Fsp3) is 0.409. The minimum atomic E-state index is -3.52. The van der Waals surface area contributed by atoms with Crippen molar-refractivity contribution in [1.82, 2.24) is 5.32 Å². The number of amides is 1. The van der Waals surface area contributed by atoms with E-state index in [1.807, 2.05) is 24.3 Å². The zero-order valence-electron chi connectivity index (χ0n) is 17.3. The van der Waals surface area contributed by atoms with Gasteiger partial charge in [-0.15, -0.1) is 0 Å². The Kier molecular flexibility index (Phi) is 7.20. The van der Waals surface area contributed by atoms with E-state index in [1.54, 1.807) is 31.2 Å². The first-order valence-electron chi connectivity index (χ1n) is 10.2. The van der Waals surface area contributed by atoms with Crippen LogP contribution < -0.4 is 19.1 Å². The number of benzene rings is 2. The van der Waals surface area contributed by atoms with Crippen LogP contribution in [0.25, 0.3) is 0 Å². The highest BCUT2D eigenvalue weighted by Crippen LogP contribution is 2.35. The van der Waals surface area contributed by atoms with Gasteiger partial charge in [0.2, 0.25) is 10.0 Å². The lowest BCUT2D eigenvalue weighted by Crippen LogP contribution is -2.51. The van der Waals surface area contributed by atoms with Gasteiger partial charge in [0.1, 0.15) is 18.1 Å². The first-order valence-corrected chi connectivity index (χ1v) is 11.8. The molecule has 0 fully saturated rings. The summed E-state index contributed by atoms with van der Waals surface area (Å²) in [7, 11) is -3.52. The molecule has 2 aromatic rings. The molecule has 1 amide bonds. The Hall–Kier alpha value is -2.74. The number of carbonyl (C=O) groups excluding carboxylic acids is 1. The number of anilines is 1. The van der Waals surface area contributed by atoms with E-state index in [4.69, 9.17) is 9.47 Å². The molecule has 0 aliphatic carbocycles. The zero-order valence-corrected chi connectivity index (χ0v) is 18.2. The lowest BCUT2D eigenvalue weighted by Gasteiger charge is -2.34. The average molecular weight is 433 g/mol. The molecule has 1 unspecified atom stereocenters. The number of hydrogen-bond acceptors (Lipinski definition) is 5. The van der Waals surface area contributed by atoms with Gasteiger partial charge in [-0.25, -0.2) is 8.42 Å². The van der Waals surface area contributed by atoms with E-state index >= 15 is 0 Å². The van der Waals surface area contributed by atoms with Gasteiger partial charge in [0.25, 0.3) is 5.91 Å². The van der Waals surface area contributed by atoms with Gasteiger partial charge in [0.05, 0.1) is 24.5 Å². The first kappa shape index (κ1) is 22.0. The van der Waals surface area contributed by atoms with Crippen LogP contribution in [0.4, 0.5) is 5.69 Å². The number of para-hydroxylation sites is 2. The molecule has 1 aliphatic heterocycles. The number of rotatable bonds is 9. The predicted octanol–water partition coefficient (Wildman–Crippen LogP) is 2.75. The fourth-order valence-electron chi connectivity index (χ4n) is 3.26. The lowest BCUT2D eigenvalue weighted by molar-refractivity contribution is -0.127. The zero-order chi connectivity index (χ0) is 21.6. The quantitative estimate of drug-likeness (QED) is 0.616. The number of carbonyl (C=O) groups is 1. The Morgan fingerprint density at radius 2 is 1.90 bits per heavy atom.